The molecule has 0 fully saturated rings. The average molecular weight is 705 g/mol. The van der Waals surface area contributed by atoms with Crippen molar-refractivity contribution in [1.29, 1.82) is 0 Å². The molecule has 12 aromatic rings. The number of rotatable bonds is 4. The molecule has 0 unspecified atom stereocenters. The highest BCUT2D eigenvalue weighted by atomic mass is 16.3. The zero-order valence-corrected chi connectivity index (χ0v) is 29.3. The van der Waals surface area contributed by atoms with E-state index in [1.54, 1.807) is 0 Å². The molecule has 6 heteroatoms. The highest BCUT2D eigenvalue weighted by Crippen LogP contribution is 2.41. The number of para-hydroxylation sites is 3. The van der Waals surface area contributed by atoms with Crippen LogP contribution in [-0.2, 0) is 0 Å². The maximum atomic E-state index is 6.54. The Hall–Kier alpha value is -7.57. The first kappa shape index (κ1) is 29.9. The van der Waals surface area contributed by atoms with Crippen molar-refractivity contribution in [3.63, 3.8) is 0 Å². The van der Waals surface area contributed by atoms with Gasteiger partial charge >= 0.3 is 0 Å². The van der Waals surface area contributed by atoms with Gasteiger partial charge in [0.15, 0.2) is 11.6 Å². The normalized spacial score (nSPS) is 12.0. The molecule has 0 spiro atoms. The second-order valence-electron chi connectivity index (χ2n) is 14.0. The molecule has 0 saturated heterocycles. The zero-order chi connectivity index (χ0) is 36.0. The second kappa shape index (κ2) is 11.5. The van der Waals surface area contributed by atoms with Crippen molar-refractivity contribution in [3.05, 3.63) is 170 Å². The number of benzene rings is 8. The highest BCUT2D eigenvalue weighted by molar-refractivity contribution is 6.20. The van der Waals surface area contributed by atoms with Gasteiger partial charge in [0.25, 0.3) is 0 Å². The number of hydrogen-bond acceptors (Lipinski definition) is 5. The lowest BCUT2D eigenvalue weighted by atomic mass is 9.99. The lowest BCUT2D eigenvalue weighted by Gasteiger charge is -2.13. The van der Waals surface area contributed by atoms with E-state index in [-0.39, 0.29) is 0 Å². The van der Waals surface area contributed by atoms with E-state index >= 15 is 0 Å². The molecule has 4 heterocycles. The fraction of sp³-hybridized carbons (Fsp3) is 0. The van der Waals surface area contributed by atoms with Crippen LogP contribution in [0.25, 0.3) is 116 Å². The summed E-state index contributed by atoms with van der Waals surface area (Å²) in [5.74, 6) is 1.68. The molecule has 55 heavy (non-hydrogen) atoms. The van der Waals surface area contributed by atoms with Crippen LogP contribution in [-0.4, -0.2) is 19.5 Å². The Morgan fingerprint density at radius 2 is 1.04 bits per heavy atom. The highest BCUT2D eigenvalue weighted by Gasteiger charge is 2.22. The Balaban J connectivity index is 1.11. The monoisotopic (exact) mass is 704 g/mol. The summed E-state index contributed by atoms with van der Waals surface area (Å²) >= 11 is 0. The maximum Gasteiger partial charge on any atom is 0.238 e. The van der Waals surface area contributed by atoms with Crippen LogP contribution >= 0.6 is 0 Å². The van der Waals surface area contributed by atoms with E-state index < -0.39 is 0 Å². The fourth-order valence-corrected chi connectivity index (χ4v) is 8.35. The van der Waals surface area contributed by atoms with Gasteiger partial charge < -0.3 is 8.83 Å². The van der Waals surface area contributed by atoms with Gasteiger partial charge in [-0.2, -0.15) is 9.97 Å². The molecule has 0 amide bonds. The van der Waals surface area contributed by atoms with Crippen LogP contribution in [0, 0.1) is 0 Å². The molecule has 0 saturated carbocycles. The Bertz CT molecular complexity index is 3500. The van der Waals surface area contributed by atoms with Crippen molar-refractivity contribution in [2.45, 2.75) is 0 Å². The summed E-state index contributed by atoms with van der Waals surface area (Å²) in [5, 5.41) is 8.97. The summed E-state index contributed by atoms with van der Waals surface area (Å²) in [6.07, 6.45) is 0. The van der Waals surface area contributed by atoms with Gasteiger partial charge in [-0.1, -0.05) is 127 Å². The number of fused-ring (bicyclic) bond motifs is 11. The van der Waals surface area contributed by atoms with E-state index in [1.807, 2.05) is 54.6 Å². The molecule has 0 N–H and O–H groups in total. The van der Waals surface area contributed by atoms with Crippen molar-refractivity contribution in [3.8, 4) is 39.9 Å². The first-order valence-electron chi connectivity index (χ1n) is 18.4. The lowest BCUT2D eigenvalue weighted by Crippen LogP contribution is -2.07. The third-order valence-corrected chi connectivity index (χ3v) is 10.9. The van der Waals surface area contributed by atoms with Crippen molar-refractivity contribution in [1.82, 2.24) is 19.5 Å². The summed E-state index contributed by atoms with van der Waals surface area (Å²) < 4.78 is 15.0. The molecular formula is C49H28N4O2. The molecule has 0 bridgehead atoms. The smallest absolute Gasteiger partial charge is 0.238 e. The summed E-state index contributed by atoms with van der Waals surface area (Å²) in [4.78, 5) is 15.5. The van der Waals surface area contributed by atoms with Gasteiger partial charge in [-0.05, 0) is 58.8 Å². The quantitative estimate of drug-likeness (QED) is 0.182. The van der Waals surface area contributed by atoms with Crippen molar-refractivity contribution >= 4 is 76.5 Å². The predicted molar refractivity (Wildman–Crippen MR) is 223 cm³/mol. The van der Waals surface area contributed by atoms with Crippen LogP contribution in [0.5, 0.6) is 0 Å². The van der Waals surface area contributed by atoms with Crippen molar-refractivity contribution < 1.29 is 8.83 Å². The van der Waals surface area contributed by atoms with Gasteiger partial charge in [-0.3, -0.25) is 4.57 Å². The van der Waals surface area contributed by atoms with Crippen molar-refractivity contribution in [2.75, 3.05) is 0 Å². The molecule has 0 radical (unpaired) electrons. The first-order chi connectivity index (χ1) is 27.2. The third-order valence-electron chi connectivity index (χ3n) is 10.9. The Morgan fingerprint density at radius 3 is 1.95 bits per heavy atom. The Labute approximate surface area is 313 Å². The molecule has 12 rings (SSSR count). The summed E-state index contributed by atoms with van der Waals surface area (Å²) in [6, 6.07) is 58.6. The van der Waals surface area contributed by atoms with Gasteiger partial charge in [0.1, 0.15) is 22.3 Å². The minimum absolute atomic E-state index is 0.531. The molecule has 0 aliphatic carbocycles. The second-order valence-corrected chi connectivity index (χ2v) is 14.0. The summed E-state index contributed by atoms with van der Waals surface area (Å²) in [6.45, 7) is 0. The number of aromatic nitrogens is 4. The standard InChI is InChI=1S/C49H28N4O2/c1-2-12-30(13-3-1)47-50-48(32-22-24-37-36-16-7-9-20-41(36)54-43(37)28-32)52-49(51-47)53-40-19-8-6-15-35(40)38-18-10-17-34(46(38)53)31-21-25-39-44(27-31)55-42-26-23-29-11-4-5-14-33(29)45(39)42/h1-28H. The zero-order valence-electron chi connectivity index (χ0n) is 29.3. The van der Waals surface area contributed by atoms with Gasteiger partial charge in [0, 0.05) is 49.0 Å². The van der Waals surface area contributed by atoms with E-state index in [0.717, 1.165) is 87.9 Å². The predicted octanol–water partition coefficient (Wildman–Crippen LogP) is 12.9. The third kappa shape index (κ3) is 4.52. The minimum Gasteiger partial charge on any atom is -0.456 e. The molecule has 4 aromatic heterocycles. The van der Waals surface area contributed by atoms with Gasteiger partial charge in [-0.15, -0.1) is 0 Å². The van der Waals surface area contributed by atoms with Crippen LogP contribution in [0.4, 0.5) is 0 Å². The summed E-state index contributed by atoms with van der Waals surface area (Å²) in [5.41, 5.74) is 9.21. The van der Waals surface area contributed by atoms with Gasteiger partial charge in [0.2, 0.25) is 5.95 Å². The first-order valence-corrected chi connectivity index (χ1v) is 18.4. The molecule has 0 aliphatic heterocycles. The molecule has 0 atom stereocenters. The van der Waals surface area contributed by atoms with E-state index in [0.29, 0.717) is 17.6 Å². The number of nitrogens with zero attached hydrogens (tertiary/aromatic N) is 4. The molecule has 0 aliphatic rings. The van der Waals surface area contributed by atoms with Crippen LogP contribution in [0.15, 0.2) is 179 Å². The SMILES string of the molecule is c1ccc(-c2nc(-c3ccc4c(c3)oc3ccccc34)nc(-n3c4ccccc4c4cccc(-c5ccc6c(c5)oc5ccc7ccccc7c56)c43)n2)cc1. The van der Waals surface area contributed by atoms with Crippen molar-refractivity contribution in [2.24, 2.45) is 0 Å². The van der Waals surface area contributed by atoms with E-state index in [2.05, 4.69) is 120 Å². The van der Waals surface area contributed by atoms with E-state index in [9.17, 15) is 0 Å². The summed E-state index contributed by atoms with van der Waals surface area (Å²) in [7, 11) is 0. The lowest BCUT2D eigenvalue weighted by molar-refractivity contribution is 0.668. The topological polar surface area (TPSA) is 69.9 Å². The van der Waals surface area contributed by atoms with Gasteiger partial charge in [-0.25, -0.2) is 4.98 Å². The van der Waals surface area contributed by atoms with E-state index in [1.165, 1.54) is 10.8 Å². The van der Waals surface area contributed by atoms with E-state index in [4.69, 9.17) is 23.8 Å². The Morgan fingerprint density at radius 1 is 0.382 bits per heavy atom. The van der Waals surface area contributed by atoms with Gasteiger partial charge in [0.05, 0.1) is 11.0 Å². The number of hydrogen-bond donors (Lipinski definition) is 0. The Kier molecular flexibility index (Phi) is 6.24. The minimum atomic E-state index is 0.531. The molecule has 256 valence electrons. The van der Waals surface area contributed by atoms with Crippen LogP contribution < -0.4 is 0 Å². The molecule has 8 aromatic carbocycles. The fourth-order valence-electron chi connectivity index (χ4n) is 8.35. The van der Waals surface area contributed by atoms with Crippen LogP contribution in [0.3, 0.4) is 0 Å². The largest absolute Gasteiger partial charge is 0.456 e. The van der Waals surface area contributed by atoms with Crippen LogP contribution in [0.1, 0.15) is 0 Å². The molecule has 6 nitrogen and oxygen atoms in total. The van der Waals surface area contributed by atoms with Crippen LogP contribution in [0.2, 0.25) is 0 Å². The maximum absolute atomic E-state index is 6.54. The average Bonchev–Trinajstić information content (AvgIpc) is 3.93. The molecular weight excluding hydrogens is 677 g/mol. The number of furan rings is 2.